The third kappa shape index (κ3) is 2.82. The smallest absolute Gasteiger partial charge is 0.416 e. The van der Waals surface area contributed by atoms with Crippen molar-refractivity contribution in [2.24, 2.45) is 0 Å². The van der Waals surface area contributed by atoms with Gasteiger partial charge < -0.3 is 5.11 Å². The predicted octanol–water partition coefficient (Wildman–Crippen LogP) is 3.56. The molecule has 108 valence electrons. The van der Waals surface area contributed by atoms with Gasteiger partial charge in [-0.15, -0.1) is 11.8 Å². The molecule has 0 atom stereocenters. The van der Waals surface area contributed by atoms with E-state index in [2.05, 4.69) is 10.3 Å². The summed E-state index contributed by atoms with van der Waals surface area (Å²) in [6, 6.07) is 1.81. The summed E-state index contributed by atoms with van der Waals surface area (Å²) in [4.78, 5) is 14.6. The van der Waals surface area contributed by atoms with Crippen LogP contribution in [0.1, 0.15) is 12.5 Å². The molecule has 5 nitrogen and oxygen atoms in total. The minimum absolute atomic E-state index is 0.0312. The summed E-state index contributed by atoms with van der Waals surface area (Å²) in [5.74, 6) is 0.659. The molecule has 0 unspecified atom stereocenters. The highest BCUT2D eigenvalue weighted by Crippen LogP contribution is 2.33. The van der Waals surface area contributed by atoms with E-state index < -0.39 is 17.8 Å². The molecule has 2 aromatic heterocycles. The van der Waals surface area contributed by atoms with Gasteiger partial charge in [-0.25, -0.2) is 9.78 Å². The SMILES string of the molecule is CCSc1c(NC(=O)O)nc2cc(C(F)(F)F)ccn12. The largest absolute Gasteiger partial charge is 0.465 e. The van der Waals surface area contributed by atoms with Crippen molar-refractivity contribution in [2.45, 2.75) is 18.1 Å². The first-order valence-electron chi connectivity index (χ1n) is 5.55. The molecule has 2 aromatic rings. The van der Waals surface area contributed by atoms with Gasteiger partial charge in [-0.2, -0.15) is 13.2 Å². The lowest BCUT2D eigenvalue weighted by Gasteiger charge is -2.07. The number of nitrogens with zero attached hydrogens (tertiary/aromatic N) is 2. The van der Waals surface area contributed by atoms with Crippen LogP contribution in [-0.4, -0.2) is 26.3 Å². The van der Waals surface area contributed by atoms with E-state index in [4.69, 9.17) is 5.11 Å². The Morgan fingerprint density at radius 3 is 2.80 bits per heavy atom. The average molecular weight is 305 g/mol. The summed E-state index contributed by atoms with van der Waals surface area (Å²) >= 11 is 1.29. The standard InChI is InChI=1S/C11H10F3N3O2S/c1-2-20-9-8(16-10(18)19)15-7-5-6(11(12,13)14)3-4-17(7)9/h3-5,16H,2H2,1H3,(H,18,19). The molecular weight excluding hydrogens is 295 g/mol. The highest BCUT2D eigenvalue weighted by Gasteiger charge is 2.31. The number of fused-ring (bicyclic) bond motifs is 1. The first-order valence-corrected chi connectivity index (χ1v) is 6.53. The second-order valence-corrected chi connectivity index (χ2v) is 5.02. The van der Waals surface area contributed by atoms with E-state index in [0.717, 1.165) is 12.1 Å². The molecular formula is C11H10F3N3O2S. The number of imidazole rings is 1. The Morgan fingerprint density at radius 2 is 2.25 bits per heavy atom. The van der Waals surface area contributed by atoms with Gasteiger partial charge in [0.25, 0.3) is 0 Å². The van der Waals surface area contributed by atoms with Crippen LogP contribution in [0.3, 0.4) is 0 Å². The Hall–Kier alpha value is -1.90. The highest BCUT2D eigenvalue weighted by atomic mass is 32.2. The van der Waals surface area contributed by atoms with Crippen molar-refractivity contribution in [1.29, 1.82) is 0 Å². The van der Waals surface area contributed by atoms with E-state index >= 15 is 0 Å². The van der Waals surface area contributed by atoms with Gasteiger partial charge in [-0.1, -0.05) is 6.92 Å². The minimum Gasteiger partial charge on any atom is -0.465 e. The maximum Gasteiger partial charge on any atom is 0.416 e. The van der Waals surface area contributed by atoms with Gasteiger partial charge in [-0.05, 0) is 17.9 Å². The number of aromatic nitrogens is 2. The first kappa shape index (κ1) is 14.5. The van der Waals surface area contributed by atoms with Crippen LogP contribution in [0.2, 0.25) is 0 Å². The average Bonchev–Trinajstić information content (AvgIpc) is 2.65. The van der Waals surface area contributed by atoms with Crippen LogP contribution < -0.4 is 5.32 Å². The Kier molecular flexibility index (Phi) is 3.80. The Labute approximate surface area is 115 Å². The van der Waals surface area contributed by atoms with Crippen molar-refractivity contribution >= 4 is 29.3 Å². The molecule has 0 saturated heterocycles. The predicted molar refractivity (Wildman–Crippen MR) is 68.2 cm³/mol. The summed E-state index contributed by atoms with van der Waals surface area (Å²) in [7, 11) is 0. The van der Waals surface area contributed by atoms with Crippen LogP contribution in [0.4, 0.5) is 23.8 Å². The number of alkyl halides is 3. The zero-order valence-electron chi connectivity index (χ0n) is 10.2. The number of anilines is 1. The van der Waals surface area contributed by atoms with Gasteiger partial charge in [-0.3, -0.25) is 9.72 Å². The van der Waals surface area contributed by atoms with Gasteiger partial charge in [0.2, 0.25) is 0 Å². The van der Waals surface area contributed by atoms with Crippen molar-refractivity contribution in [3.63, 3.8) is 0 Å². The molecule has 0 radical (unpaired) electrons. The van der Waals surface area contributed by atoms with Crippen molar-refractivity contribution in [3.05, 3.63) is 23.9 Å². The Balaban J connectivity index is 2.57. The molecule has 1 amide bonds. The molecule has 2 N–H and O–H groups in total. The fourth-order valence-corrected chi connectivity index (χ4v) is 2.46. The van der Waals surface area contributed by atoms with Gasteiger partial charge in [0.1, 0.15) is 10.7 Å². The van der Waals surface area contributed by atoms with Gasteiger partial charge in [0.15, 0.2) is 5.82 Å². The number of amides is 1. The maximum atomic E-state index is 12.6. The molecule has 0 aliphatic rings. The molecule has 0 spiro atoms. The minimum atomic E-state index is -4.47. The number of rotatable bonds is 3. The molecule has 9 heteroatoms. The Morgan fingerprint density at radius 1 is 1.55 bits per heavy atom. The third-order valence-corrected chi connectivity index (χ3v) is 3.37. The van der Waals surface area contributed by atoms with Crippen LogP contribution in [0.25, 0.3) is 5.65 Å². The van der Waals surface area contributed by atoms with E-state index in [1.807, 2.05) is 6.92 Å². The summed E-state index contributed by atoms with van der Waals surface area (Å²) in [5.41, 5.74) is -0.788. The quantitative estimate of drug-likeness (QED) is 0.851. The zero-order chi connectivity index (χ0) is 14.9. The van der Waals surface area contributed by atoms with Gasteiger partial charge >= 0.3 is 12.3 Å². The number of hydrogen-bond donors (Lipinski definition) is 2. The van der Waals surface area contributed by atoms with Crippen molar-refractivity contribution in [1.82, 2.24) is 9.38 Å². The second-order valence-electron chi connectivity index (χ2n) is 3.77. The fraction of sp³-hybridized carbons (Fsp3) is 0.273. The number of halogens is 3. The second kappa shape index (κ2) is 5.23. The lowest BCUT2D eigenvalue weighted by atomic mass is 10.2. The van der Waals surface area contributed by atoms with Crippen LogP contribution in [0, 0.1) is 0 Å². The van der Waals surface area contributed by atoms with E-state index in [1.165, 1.54) is 22.4 Å². The molecule has 0 aromatic carbocycles. The number of carbonyl (C=O) groups is 1. The van der Waals surface area contributed by atoms with Crippen LogP contribution in [-0.2, 0) is 6.18 Å². The highest BCUT2D eigenvalue weighted by molar-refractivity contribution is 7.99. The number of carboxylic acid groups (broad SMARTS) is 1. The topological polar surface area (TPSA) is 66.6 Å². The number of hydrogen-bond acceptors (Lipinski definition) is 3. The van der Waals surface area contributed by atoms with Crippen molar-refractivity contribution < 1.29 is 23.1 Å². The van der Waals surface area contributed by atoms with Gasteiger partial charge in [0, 0.05) is 6.20 Å². The lowest BCUT2D eigenvalue weighted by Crippen LogP contribution is -2.08. The summed E-state index contributed by atoms with van der Waals surface area (Å²) in [6.45, 7) is 1.85. The normalized spacial score (nSPS) is 11.8. The monoisotopic (exact) mass is 305 g/mol. The number of thioether (sulfide) groups is 1. The van der Waals surface area contributed by atoms with E-state index in [0.29, 0.717) is 10.8 Å². The Bertz CT molecular complexity index is 654. The summed E-state index contributed by atoms with van der Waals surface area (Å²) in [5, 5.41) is 11.3. The van der Waals surface area contributed by atoms with E-state index in [9.17, 15) is 18.0 Å². The third-order valence-electron chi connectivity index (χ3n) is 2.42. The van der Waals surface area contributed by atoms with E-state index in [-0.39, 0.29) is 11.5 Å². The van der Waals surface area contributed by atoms with E-state index in [1.54, 1.807) is 0 Å². The molecule has 0 aliphatic carbocycles. The molecule has 0 fully saturated rings. The molecule has 0 saturated carbocycles. The summed E-state index contributed by atoms with van der Waals surface area (Å²) < 4.78 is 39.3. The molecule has 0 aliphatic heterocycles. The van der Waals surface area contributed by atoms with Crippen molar-refractivity contribution in [2.75, 3.05) is 11.1 Å². The molecule has 2 heterocycles. The number of pyridine rings is 1. The maximum absolute atomic E-state index is 12.6. The van der Waals surface area contributed by atoms with Crippen LogP contribution in [0.5, 0.6) is 0 Å². The van der Waals surface area contributed by atoms with Crippen molar-refractivity contribution in [3.8, 4) is 0 Å². The molecule has 20 heavy (non-hydrogen) atoms. The summed E-state index contributed by atoms with van der Waals surface area (Å²) in [6.07, 6.45) is -4.55. The van der Waals surface area contributed by atoms with Gasteiger partial charge in [0.05, 0.1) is 5.56 Å². The lowest BCUT2D eigenvalue weighted by molar-refractivity contribution is -0.137. The molecule has 2 rings (SSSR count). The zero-order valence-corrected chi connectivity index (χ0v) is 11.0. The molecule has 0 bridgehead atoms. The fourth-order valence-electron chi connectivity index (χ4n) is 1.66. The number of nitrogens with one attached hydrogen (secondary N) is 1. The van der Waals surface area contributed by atoms with Crippen LogP contribution in [0.15, 0.2) is 23.4 Å². The first-order chi connectivity index (χ1) is 9.32. The van der Waals surface area contributed by atoms with Crippen LogP contribution >= 0.6 is 11.8 Å².